The fourth-order valence-electron chi connectivity index (χ4n) is 2.81. The monoisotopic (exact) mass is 443 g/mol. The van der Waals surface area contributed by atoms with E-state index in [0.29, 0.717) is 10.7 Å². The van der Waals surface area contributed by atoms with Crippen LogP contribution in [0.3, 0.4) is 0 Å². The van der Waals surface area contributed by atoms with Gasteiger partial charge in [-0.1, -0.05) is 23.7 Å². The second kappa shape index (κ2) is 11.0. The van der Waals surface area contributed by atoms with Crippen LogP contribution in [0, 0.1) is 18.3 Å². The molecular weight excluding hydrogens is 422 g/mol. The average molecular weight is 444 g/mol. The third-order valence-corrected chi connectivity index (χ3v) is 4.89. The van der Waals surface area contributed by atoms with E-state index in [0.717, 1.165) is 10.5 Å². The van der Waals surface area contributed by atoms with E-state index in [2.05, 4.69) is 4.74 Å². The van der Waals surface area contributed by atoms with Gasteiger partial charge in [0.05, 0.1) is 30.9 Å². The Kier molecular flexibility index (Phi) is 8.41. The molecule has 0 aliphatic rings. The Bertz CT molecular complexity index is 1020. The van der Waals surface area contributed by atoms with E-state index in [1.165, 1.54) is 25.1 Å². The molecule has 2 amide bonds. The standard InChI is InChI=1S/C22H22ClN3O5/c1-15-13-16(9-10-18(15)23)26(12-6-11-24)20(27)14-31-21(28)17-7-4-5-8-19(17)25(2)22(29)30-3/h4-5,7-10,13H,6,12,14H2,1-3H3. The summed E-state index contributed by atoms with van der Waals surface area (Å²) in [5, 5.41) is 9.47. The molecule has 0 fully saturated rings. The van der Waals surface area contributed by atoms with Gasteiger partial charge >= 0.3 is 12.1 Å². The number of nitriles is 1. The molecule has 2 rings (SSSR count). The highest BCUT2D eigenvalue weighted by Crippen LogP contribution is 2.24. The van der Waals surface area contributed by atoms with Gasteiger partial charge in [0.2, 0.25) is 0 Å². The van der Waals surface area contributed by atoms with Gasteiger partial charge in [0, 0.05) is 24.3 Å². The topological polar surface area (TPSA) is 99.9 Å². The van der Waals surface area contributed by atoms with Crippen molar-refractivity contribution in [3.63, 3.8) is 0 Å². The Labute approximate surface area is 185 Å². The zero-order valence-corrected chi connectivity index (χ0v) is 18.2. The zero-order valence-electron chi connectivity index (χ0n) is 17.4. The van der Waals surface area contributed by atoms with Gasteiger partial charge in [-0.15, -0.1) is 0 Å². The van der Waals surface area contributed by atoms with Crippen molar-refractivity contribution in [1.82, 2.24) is 0 Å². The van der Waals surface area contributed by atoms with Crippen LogP contribution in [0.15, 0.2) is 42.5 Å². The van der Waals surface area contributed by atoms with Crippen LogP contribution in [0.1, 0.15) is 22.3 Å². The fraction of sp³-hybridized carbons (Fsp3) is 0.273. The van der Waals surface area contributed by atoms with Crippen LogP contribution in [0.2, 0.25) is 5.02 Å². The van der Waals surface area contributed by atoms with Gasteiger partial charge in [-0.25, -0.2) is 9.59 Å². The second-order valence-electron chi connectivity index (χ2n) is 6.51. The van der Waals surface area contributed by atoms with Crippen LogP contribution in [0.25, 0.3) is 0 Å². The number of halogens is 1. The lowest BCUT2D eigenvalue weighted by atomic mass is 10.1. The molecule has 0 aliphatic heterocycles. The van der Waals surface area contributed by atoms with Crippen molar-refractivity contribution in [2.75, 3.05) is 37.1 Å². The Morgan fingerprint density at radius 1 is 1.16 bits per heavy atom. The van der Waals surface area contributed by atoms with Crippen LogP contribution in [0.5, 0.6) is 0 Å². The number of rotatable bonds is 7. The number of hydrogen-bond acceptors (Lipinski definition) is 6. The molecule has 0 N–H and O–H groups in total. The quantitative estimate of drug-likeness (QED) is 0.600. The number of carbonyl (C=O) groups is 3. The first-order valence-corrected chi connectivity index (χ1v) is 9.69. The van der Waals surface area contributed by atoms with Crippen LogP contribution < -0.4 is 9.80 Å². The Morgan fingerprint density at radius 3 is 2.52 bits per heavy atom. The molecule has 0 bridgehead atoms. The summed E-state index contributed by atoms with van der Waals surface area (Å²) in [6, 6.07) is 13.4. The number of methoxy groups -OCH3 is 1. The lowest BCUT2D eigenvalue weighted by molar-refractivity contribution is -0.121. The van der Waals surface area contributed by atoms with Gasteiger partial charge in [0.15, 0.2) is 6.61 Å². The lowest BCUT2D eigenvalue weighted by Gasteiger charge is -2.23. The summed E-state index contributed by atoms with van der Waals surface area (Å²) in [5.41, 5.74) is 1.70. The van der Waals surface area contributed by atoms with Crippen molar-refractivity contribution in [1.29, 1.82) is 5.26 Å². The van der Waals surface area contributed by atoms with Crippen LogP contribution in [-0.4, -0.2) is 45.3 Å². The van der Waals surface area contributed by atoms with Crippen molar-refractivity contribution in [3.05, 3.63) is 58.6 Å². The van der Waals surface area contributed by atoms with E-state index < -0.39 is 24.6 Å². The molecule has 31 heavy (non-hydrogen) atoms. The number of anilines is 2. The number of para-hydroxylation sites is 1. The van der Waals surface area contributed by atoms with Crippen molar-refractivity contribution < 1.29 is 23.9 Å². The van der Waals surface area contributed by atoms with Crippen molar-refractivity contribution in [3.8, 4) is 6.07 Å². The summed E-state index contributed by atoms with van der Waals surface area (Å²) in [5.74, 6) is -1.27. The lowest BCUT2D eigenvalue weighted by Crippen LogP contribution is -2.35. The van der Waals surface area contributed by atoms with E-state index in [4.69, 9.17) is 21.6 Å². The Hall–Kier alpha value is -3.57. The van der Waals surface area contributed by atoms with E-state index in [-0.39, 0.29) is 24.2 Å². The van der Waals surface area contributed by atoms with Gasteiger partial charge in [-0.05, 0) is 42.8 Å². The SMILES string of the molecule is COC(=O)N(C)c1ccccc1C(=O)OCC(=O)N(CCC#N)c1ccc(Cl)c(C)c1. The Morgan fingerprint density at radius 2 is 1.87 bits per heavy atom. The maximum atomic E-state index is 12.8. The number of ether oxygens (including phenoxy) is 2. The molecule has 8 nitrogen and oxygen atoms in total. The molecule has 0 heterocycles. The highest BCUT2D eigenvalue weighted by atomic mass is 35.5. The summed E-state index contributed by atoms with van der Waals surface area (Å²) >= 11 is 6.05. The first-order valence-electron chi connectivity index (χ1n) is 9.31. The number of benzene rings is 2. The van der Waals surface area contributed by atoms with Gasteiger partial charge in [-0.3, -0.25) is 9.69 Å². The van der Waals surface area contributed by atoms with Crippen molar-refractivity contribution >= 4 is 40.9 Å². The maximum Gasteiger partial charge on any atom is 0.413 e. The van der Waals surface area contributed by atoms with E-state index in [1.54, 1.807) is 43.3 Å². The molecule has 0 saturated carbocycles. The normalized spacial score (nSPS) is 10.0. The summed E-state index contributed by atoms with van der Waals surface area (Å²) in [6.45, 7) is 1.39. The number of aryl methyl sites for hydroxylation is 1. The molecule has 0 atom stereocenters. The zero-order chi connectivity index (χ0) is 23.0. The average Bonchev–Trinajstić information content (AvgIpc) is 2.78. The molecule has 0 aromatic heterocycles. The van der Waals surface area contributed by atoms with Crippen molar-refractivity contribution in [2.45, 2.75) is 13.3 Å². The minimum Gasteiger partial charge on any atom is -0.452 e. The van der Waals surface area contributed by atoms with Gasteiger partial charge < -0.3 is 14.4 Å². The number of nitrogens with zero attached hydrogens (tertiary/aromatic N) is 3. The van der Waals surface area contributed by atoms with Crippen molar-refractivity contribution in [2.24, 2.45) is 0 Å². The molecule has 162 valence electrons. The van der Waals surface area contributed by atoms with Gasteiger partial charge in [0.1, 0.15) is 0 Å². The summed E-state index contributed by atoms with van der Waals surface area (Å²) in [4.78, 5) is 39.7. The predicted octanol–water partition coefficient (Wildman–Crippen LogP) is 3.95. The maximum absolute atomic E-state index is 12.8. The number of amides is 2. The minimum absolute atomic E-state index is 0.105. The fourth-order valence-corrected chi connectivity index (χ4v) is 2.93. The second-order valence-corrected chi connectivity index (χ2v) is 6.92. The number of hydrogen-bond donors (Lipinski definition) is 0. The van der Waals surface area contributed by atoms with Gasteiger partial charge in [-0.2, -0.15) is 5.26 Å². The van der Waals surface area contributed by atoms with Gasteiger partial charge in [0.25, 0.3) is 5.91 Å². The molecular formula is C22H22ClN3O5. The number of esters is 1. The molecule has 0 radical (unpaired) electrons. The number of carbonyl (C=O) groups excluding carboxylic acids is 3. The highest BCUT2D eigenvalue weighted by molar-refractivity contribution is 6.31. The first-order chi connectivity index (χ1) is 14.8. The third kappa shape index (κ3) is 5.96. The smallest absolute Gasteiger partial charge is 0.413 e. The van der Waals surface area contributed by atoms with Crippen LogP contribution >= 0.6 is 11.6 Å². The molecule has 0 saturated heterocycles. The van der Waals surface area contributed by atoms with E-state index in [9.17, 15) is 14.4 Å². The van der Waals surface area contributed by atoms with Crippen LogP contribution in [0.4, 0.5) is 16.2 Å². The third-order valence-electron chi connectivity index (χ3n) is 4.46. The largest absolute Gasteiger partial charge is 0.452 e. The Balaban J connectivity index is 2.17. The molecule has 0 unspecified atom stereocenters. The predicted molar refractivity (Wildman–Crippen MR) is 116 cm³/mol. The molecule has 2 aromatic rings. The van der Waals surface area contributed by atoms with E-state index >= 15 is 0 Å². The minimum atomic E-state index is -0.771. The highest BCUT2D eigenvalue weighted by Gasteiger charge is 2.22. The summed E-state index contributed by atoms with van der Waals surface area (Å²) < 4.78 is 9.89. The summed E-state index contributed by atoms with van der Waals surface area (Å²) in [6.07, 6.45) is -0.550. The molecule has 0 spiro atoms. The van der Waals surface area contributed by atoms with Crippen LogP contribution in [-0.2, 0) is 14.3 Å². The molecule has 2 aromatic carbocycles. The van der Waals surface area contributed by atoms with E-state index in [1.807, 2.05) is 6.07 Å². The molecule has 0 aliphatic carbocycles. The first kappa shape index (κ1) is 23.7. The summed E-state index contributed by atoms with van der Waals surface area (Å²) in [7, 11) is 2.68. The molecule has 9 heteroatoms.